The van der Waals surface area contributed by atoms with E-state index in [0.29, 0.717) is 18.9 Å². The van der Waals surface area contributed by atoms with Gasteiger partial charge in [-0.1, -0.05) is 18.2 Å². The van der Waals surface area contributed by atoms with E-state index in [9.17, 15) is 8.42 Å². The summed E-state index contributed by atoms with van der Waals surface area (Å²) in [5.74, 6) is 1.85. The minimum absolute atomic E-state index is 0.0444. The molecular formula is C18H24N4O2S. The first-order valence-corrected chi connectivity index (χ1v) is 10.5. The van der Waals surface area contributed by atoms with Crippen LogP contribution in [-0.2, 0) is 9.84 Å². The standard InChI is InChI=1S/C18H24N4O2S/c1-3-21(15-8-6-5-7-9-15)17-10-12-19-18(20-17)22(4-2)16-11-13-25(23,24)14-16/h5-10,12,16H,3-4,11,13-14H2,1-2H3. The molecule has 1 unspecified atom stereocenters. The summed E-state index contributed by atoms with van der Waals surface area (Å²) in [6.45, 7) is 5.55. The smallest absolute Gasteiger partial charge is 0.227 e. The monoisotopic (exact) mass is 360 g/mol. The highest BCUT2D eigenvalue weighted by atomic mass is 32.2. The molecule has 0 aliphatic carbocycles. The molecule has 1 aliphatic heterocycles. The van der Waals surface area contributed by atoms with E-state index in [2.05, 4.69) is 16.8 Å². The van der Waals surface area contributed by atoms with Gasteiger partial charge in [0.1, 0.15) is 5.82 Å². The molecule has 6 nitrogen and oxygen atoms in total. The van der Waals surface area contributed by atoms with Crippen LogP contribution in [0.3, 0.4) is 0 Å². The number of hydrogen-bond donors (Lipinski definition) is 0. The van der Waals surface area contributed by atoms with Gasteiger partial charge in [-0.2, -0.15) is 4.98 Å². The summed E-state index contributed by atoms with van der Waals surface area (Å²) < 4.78 is 23.6. The molecule has 1 saturated heterocycles. The third-order valence-corrected chi connectivity index (χ3v) is 6.29. The second-order valence-corrected chi connectivity index (χ2v) is 8.37. The predicted octanol–water partition coefficient (Wildman–Crippen LogP) is 2.65. The van der Waals surface area contributed by atoms with Crippen LogP contribution in [-0.4, -0.2) is 49.0 Å². The second kappa shape index (κ2) is 7.39. The minimum Gasteiger partial charge on any atom is -0.337 e. The molecular weight excluding hydrogens is 336 g/mol. The van der Waals surface area contributed by atoms with Gasteiger partial charge in [0.15, 0.2) is 9.84 Å². The molecule has 1 aromatic heterocycles. The fourth-order valence-corrected chi connectivity index (χ4v) is 5.03. The molecule has 0 bridgehead atoms. The first-order valence-electron chi connectivity index (χ1n) is 8.66. The SMILES string of the molecule is CCN(c1ccccc1)c1ccnc(N(CC)C2CCS(=O)(=O)C2)n1. The fourth-order valence-electron chi connectivity index (χ4n) is 3.30. The lowest BCUT2D eigenvalue weighted by molar-refractivity contribution is 0.599. The van der Waals surface area contributed by atoms with Crippen LogP contribution >= 0.6 is 0 Å². The van der Waals surface area contributed by atoms with E-state index >= 15 is 0 Å². The number of aromatic nitrogens is 2. The van der Waals surface area contributed by atoms with Gasteiger partial charge >= 0.3 is 0 Å². The highest BCUT2D eigenvalue weighted by Crippen LogP contribution is 2.26. The van der Waals surface area contributed by atoms with Crippen molar-refractivity contribution in [2.45, 2.75) is 26.3 Å². The van der Waals surface area contributed by atoms with E-state index < -0.39 is 9.84 Å². The van der Waals surface area contributed by atoms with E-state index in [-0.39, 0.29) is 17.5 Å². The normalized spacial score (nSPS) is 18.9. The Balaban J connectivity index is 1.90. The molecule has 1 atom stereocenters. The van der Waals surface area contributed by atoms with Crippen LogP contribution < -0.4 is 9.80 Å². The van der Waals surface area contributed by atoms with Crippen molar-refractivity contribution in [3.63, 3.8) is 0 Å². The summed E-state index contributed by atoms with van der Waals surface area (Å²) in [4.78, 5) is 13.3. The molecule has 0 saturated carbocycles. The maximum absolute atomic E-state index is 11.8. The molecule has 0 N–H and O–H groups in total. The highest BCUT2D eigenvalue weighted by Gasteiger charge is 2.33. The molecule has 1 aromatic carbocycles. The Bertz CT molecular complexity index is 811. The van der Waals surface area contributed by atoms with Crippen molar-refractivity contribution in [3.05, 3.63) is 42.6 Å². The minimum atomic E-state index is -2.94. The van der Waals surface area contributed by atoms with E-state index in [1.807, 2.05) is 48.2 Å². The molecule has 2 heterocycles. The summed E-state index contributed by atoms with van der Waals surface area (Å²) in [7, 11) is -2.94. The second-order valence-electron chi connectivity index (χ2n) is 6.14. The van der Waals surface area contributed by atoms with Gasteiger partial charge in [-0.15, -0.1) is 0 Å². The first kappa shape index (κ1) is 17.7. The van der Waals surface area contributed by atoms with Gasteiger partial charge in [0.2, 0.25) is 5.95 Å². The van der Waals surface area contributed by atoms with E-state index in [1.165, 1.54) is 0 Å². The average Bonchev–Trinajstić information content (AvgIpc) is 2.97. The Morgan fingerprint density at radius 3 is 2.48 bits per heavy atom. The number of nitrogens with zero attached hydrogens (tertiary/aromatic N) is 4. The third kappa shape index (κ3) is 3.92. The van der Waals surface area contributed by atoms with Gasteiger partial charge in [0.05, 0.1) is 11.5 Å². The quantitative estimate of drug-likeness (QED) is 0.789. The van der Waals surface area contributed by atoms with Gasteiger partial charge in [-0.25, -0.2) is 13.4 Å². The molecule has 0 spiro atoms. The molecule has 0 amide bonds. The van der Waals surface area contributed by atoms with Crippen LogP contribution in [0.15, 0.2) is 42.6 Å². The Kier molecular flexibility index (Phi) is 5.22. The predicted molar refractivity (Wildman–Crippen MR) is 101 cm³/mol. The van der Waals surface area contributed by atoms with Crippen molar-refractivity contribution in [1.29, 1.82) is 0 Å². The zero-order valence-corrected chi connectivity index (χ0v) is 15.5. The van der Waals surface area contributed by atoms with E-state index in [1.54, 1.807) is 6.20 Å². The molecule has 7 heteroatoms. The summed E-state index contributed by atoms with van der Waals surface area (Å²) >= 11 is 0. The Labute approximate surface area is 149 Å². The zero-order valence-electron chi connectivity index (χ0n) is 14.7. The van der Waals surface area contributed by atoms with Crippen LogP contribution in [0.2, 0.25) is 0 Å². The first-order chi connectivity index (χ1) is 12.0. The summed E-state index contributed by atoms with van der Waals surface area (Å²) in [6.07, 6.45) is 2.38. The highest BCUT2D eigenvalue weighted by molar-refractivity contribution is 7.91. The van der Waals surface area contributed by atoms with Crippen molar-refractivity contribution in [2.24, 2.45) is 0 Å². The number of rotatable bonds is 6. The zero-order chi connectivity index (χ0) is 17.9. The summed E-state index contributed by atoms with van der Waals surface area (Å²) in [5.41, 5.74) is 1.07. The molecule has 1 aliphatic rings. The molecule has 0 radical (unpaired) electrons. The number of sulfone groups is 1. The van der Waals surface area contributed by atoms with Crippen LogP contribution in [0.5, 0.6) is 0 Å². The van der Waals surface area contributed by atoms with E-state index in [4.69, 9.17) is 4.98 Å². The molecule has 1 fully saturated rings. The van der Waals surface area contributed by atoms with Crippen molar-refractivity contribution >= 4 is 27.3 Å². The average molecular weight is 360 g/mol. The summed E-state index contributed by atoms with van der Waals surface area (Å²) in [6, 6.07) is 11.9. The van der Waals surface area contributed by atoms with Crippen molar-refractivity contribution < 1.29 is 8.42 Å². The Morgan fingerprint density at radius 2 is 1.88 bits per heavy atom. The van der Waals surface area contributed by atoms with Gasteiger partial charge in [-0.05, 0) is 38.5 Å². The largest absolute Gasteiger partial charge is 0.337 e. The molecule has 2 aromatic rings. The van der Waals surface area contributed by atoms with Gasteiger partial charge in [0.25, 0.3) is 0 Å². The molecule has 25 heavy (non-hydrogen) atoms. The molecule has 134 valence electrons. The number of anilines is 3. The topological polar surface area (TPSA) is 66.4 Å². The van der Waals surface area contributed by atoms with Crippen LogP contribution in [0.4, 0.5) is 17.5 Å². The fraction of sp³-hybridized carbons (Fsp3) is 0.444. The number of benzene rings is 1. The lowest BCUT2D eigenvalue weighted by atomic mass is 10.2. The lowest BCUT2D eigenvalue weighted by Gasteiger charge is -2.28. The number of para-hydroxylation sites is 1. The van der Waals surface area contributed by atoms with Crippen LogP contribution in [0.1, 0.15) is 20.3 Å². The van der Waals surface area contributed by atoms with E-state index in [0.717, 1.165) is 18.1 Å². The van der Waals surface area contributed by atoms with Crippen LogP contribution in [0, 0.1) is 0 Å². The maximum atomic E-state index is 11.8. The Hall–Kier alpha value is -2.15. The third-order valence-electron chi connectivity index (χ3n) is 4.54. The van der Waals surface area contributed by atoms with Crippen molar-refractivity contribution in [1.82, 2.24) is 9.97 Å². The number of hydrogen-bond acceptors (Lipinski definition) is 6. The van der Waals surface area contributed by atoms with Gasteiger partial charge in [-0.3, -0.25) is 0 Å². The van der Waals surface area contributed by atoms with Crippen molar-refractivity contribution in [2.75, 3.05) is 34.4 Å². The Morgan fingerprint density at radius 1 is 1.12 bits per heavy atom. The molecule has 3 rings (SSSR count). The van der Waals surface area contributed by atoms with Crippen molar-refractivity contribution in [3.8, 4) is 0 Å². The summed E-state index contributed by atoms with van der Waals surface area (Å²) in [5, 5.41) is 0. The maximum Gasteiger partial charge on any atom is 0.227 e. The van der Waals surface area contributed by atoms with Gasteiger partial charge < -0.3 is 9.80 Å². The lowest BCUT2D eigenvalue weighted by Crippen LogP contribution is -2.37. The van der Waals surface area contributed by atoms with Crippen LogP contribution in [0.25, 0.3) is 0 Å². The van der Waals surface area contributed by atoms with Gasteiger partial charge in [0, 0.05) is 31.0 Å².